The van der Waals surface area contributed by atoms with Gasteiger partial charge in [0.2, 0.25) is 11.8 Å². The lowest BCUT2D eigenvalue weighted by Crippen LogP contribution is -2.32. The Bertz CT molecular complexity index is 821. The van der Waals surface area contributed by atoms with Gasteiger partial charge in [0.15, 0.2) is 11.5 Å². The van der Waals surface area contributed by atoms with Crippen LogP contribution in [0.4, 0.5) is 5.69 Å². The highest BCUT2D eigenvalue weighted by atomic mass is 16.5. The van der Waals surface area contributed by atoms with Crippen molar-refractivity contribution in [3.05, 3.63) is 48.3 Å². The SMILES string of the molecule is CCCN(CCC)C(=O)CCCC(=O)Nc1ccc(OC)c(OCc2ccncc2)c1. The monoisotopic (exact) mass is 427 g/mol. The fourth-order valence-electron chi connectivity index (χ4n) is 3.19. The van der Waals surface area contributed by atoms with E-state index in [-0.39, 0.29) is 18.2 Å². The van der Waals surface area contributed by atoms with Crippen molar-refractivity contribution in [2.75, 3.05) is 25.5 Å². The molecule has 2 amide bonds. The summed E-state index contributed by atoms with van der Waals surface area (Å²) in [6.45, 7) is 6.03. The fourth-order valence-corrected chi connectivity index (χ4v) is 3.19. The lowest BCUT2D eigenvalue weighted by atomic mass is 10.2. The zero-order chi connectivity index (χ0) is 22.5. The average molecular weight is 428 g/mol. The number of nitrogens with zero attached hydrogens (tertiary/aromatic N) is 2. The highest BCUT2D eigenvalue weighted by Gasteiger charge is 2.13. The molecular weight excluding hydrogens is 394 g/mol. The molecule has 0 unspecified atom stereocenters. The maximum atomic E-state index is 12.3. The molecule has 0 aliphatic carbocycles. The highest BCUT2D eigenvalue weighted by Crippen LogP contribution is 2.31. The Morgan fingerprint density at radius 2 is 1.71 bits per heavy atom. The van der Waals surface area contributed by atoms with E-state index in [1.54, 1.807) is 37.7 Å². The number of hydrogen-bond donors (Lipinski definition) is 1. The molecule has 0 radical (unpaired) electrons. The summed E-state index contributed by atoms with van der Waals surface area (Å²) < 4.78 is 11.2. The van der Waals surface area contributed by atoms with Gasteiger partial charge in [-0.2, -0.15) is 0 Å². The Balaban J connectivity index is 1.87. The molecule has 7 nitrogen and oxygen atoms in total. The van der Waals surface area contributed by atoms with E-state index in [1.807, 2.05) is 17.0 Å². The molecule has 7 heteroatoms. The van der Waals surface area contributed by atoms with Crippen LogP contribution in [0.5, 0.6) is 11.5 Å². The normalized spacial score (nSPS) is 10.4. The topological polar surface area (TPSA) is 80.8 Å². The standard InChI is InChI=1S/C24H33N3O4/c1-4-15-27(16-5-2)24(29)8-6-7-23(28)26-20-9-10-21(30-3)22(17-20)31-18-19-11-13-25-14-12-19/h9-14,17H,4-8,15-16,18H2,1-3H3,(H,26,28). The Morgan fingerprint density at radius 3 is 2.35 bits per heavy atom. The molecule has 0 saturated carbocycles. The minimum Gasteiger partial charge on any atom is -0.493 e. The molecule has 0 saturated heterocycles. The molecule has 1 aromatic carbocycles. The number of ether oxygens (including phenoxy) is 2. The van der Waals surface area contributed by atoms with E-state index >= 15 is 0 Å². The van der Waals surface area contributed by atoms with Crippen LogP contribution in [-0.4, -0.2) is 41.9 Å². The number of aromatic nitrogens is 1. The van der Waals surface area contributed by atoms with Crippen molar-refractivity contribution in [1.82, 2.24) is 9.88 Å². The van der Waals surface area contributed by atoms with Crippen LogP contribution in [0.1, 0.15) is 51.5 Å². The van der Waals surface area contributed by atoms with Crippen LogP contribution in [0.3, 0.4) is 0 Å². The number of anilines is 1. The summed E-state index contributed by atoms with van der Waals surface area (Å²) in [5.41, 5.74) is 1.61. The molecule has 0 spiro atoms. The van der Waals surface area contributed by atoms with Crippen LogP contribution < -0.4 is 14.8 Å². The molecule has 2 aromatic rings. The van der Waals surface area contributed by atoms with E-state index in [9.17, 15) is 9.59 Å². The third-order valence-corrected chi connectivity index (χ3v) is 4.73. The number of pyridine rings is 1. The zero-order valence-corrected chi connectivity index (χ0v) is 18.7. The number of rotatable bonds is 13. The number of benzene rings is 1. The summed E-state index contributed by atoms with van der Waals surface area (Å²) in [6.07, 6.45) is 6.50. The molecule has 1 aromatic heterocycles. The predicted molar refractivity (Wildman–Crippen MR) is 121 cm³/mol. The van der Waals surface area contributed by atoms with Gasteiger partial charge in [-0.05, 0) is 49.1 Å². The number of hydrogen-bond acceptors (Lipinski definition) is 5. The van der Waals surface area contributed by atoms with E-state index < -0.39 is 0 Å². The van der Waals surface area contributed by atoms with Gasteiger partial charge in [0.25, 0.3) is 0 Å². The quantitative estimate of drug-likeness (QED) is 0.512. The number of carbonyl (C=O) groups excluding carboxylic acids is 2. The summed E-state index contributed by atoms with van der Waals surface area (Å²) in [5.74, 6) is 1.12. The number of carbonyl (C=O) groups is 2. The molecular formula is C24H33N3O4. The van der Waals surface area contributed by atoms with Gasteiger partial charge in [0.05, 0.1) is 7.11 Å². The molecule has 1 heterocycles. The minimum atomic E-state index is -0.129. The third kappa shape index (κ3) is 8.28. The van der Waals surface area contributed by atoms with Crippen molar-refractivity contribution < 1.29 is 19.1 Å². The van der Waals surface area contributed by atoms with E-state index in [4.69, 9.17) is 9.47 Å². The lowest BCUT2D eigenvalue weighted by Gasteiger charge is -2.21. The van der Waals surface area contributed by atoms with Crippen LogP contribution in [0.15, 0.2) is 42.7 Å². The molecule has 0 aliphatic heterocycles. The second kappa shape index (κ2) is 13.3. The summed E-state index contributed by atoms with van der Waals surface area (Å²) in [7, 11) is 1.57. The Kier molecular flexibility index (Phi) is 10.3. The molecule has 2 rings (SSSR count). The van der Waals surface area contributed by atoms with E-state index in [1.165, 1.54) is 0 Å². The Hall–Kier alpha value is -3.09. The first kappa shape index (κ1) is 24.2. The predicted octanol–water partition coefficient (Wildman–Crippen LogP) is 4.43. The largest absolute Gasteiger partial charge is 0.493 e. The van der Waals surface area contributed by atoms with E-state index in [0.717, 1.165) is 31.5 Å². The van der Waals surface area contributed by atoms with Gasteiger partial charge in [-0.25, -0.2) is 0 Å². The Labute approximate surface area is 184 Å². The summed E-state index contributed by atoms with van der Waals surface area (Å²) in [4.78, 5) is 30.5. The van der Waals surface area contributed by atoms with Crippen molar-refractivity contribution >= 4 is 17.5 Å². The van der Waals surface area contributed by atoms with Crippen LogP contribution in [0, 0.1) is 0 Å². The fraction of sp³-hybridized carbons (Fsp3) is 0.458. The molecule has 168 valence electrons. The van der Waals surface area contributed by atoms with Crippen LogP contribution in [0.2, 0.25) is 0 Å². The second-order valence-corrected chi connectivity index (χ2v) is 7.29. The summed E-state index contributed by atoms with van der Waals surface area (Å²) in [5, 5.41) is 2.88. The van der Waals surface area contributed by atoms with Crippen molar-refractivity contribution in [2.24, 2.45) is 0 Å². The molecule has 0 fully saturated rings. The number of nitrogens with one attached hydrogen (secondary N) is 1. The van der Waals surface area contributed by atoms with E-state index in [2.05, 4.69) is 24.1 Å². The van der Waals surface area contributed by atoms with E-state index in [0.29, 0.717) is 36.6 Å². The first-order valence-electron chi connectivity index (χ1n) is 10.8. The summed E-state index contributed by atoms with van der Waals surface area (Å²) in [6, 6.07) is 9.02. The Morgan fingerprint density at radius 1 is 1.00 bits per heavy atom. The van der Waals surface area contributed by atoms with Gasteiger partial charge in [-0.15, -0.1) is 0 Å². The van der Waals surface area contributed by atoms with Gasteiger partial charge < -0.3 is 19.7 Å². The van der Waals surface area contributed by atoms with Crippen molar-refractivity contribution in [2.45, 2.75) is 52.6 Å². The number of amides is 2. The molecule has 0 bridgehead atoms. The van der Waals surface area contributed by atoms with Crippen molar-refractivity contribution in [3.8, 4) is 11.5 Å². The van der Waals surface area contributed by atoms with Crippen molar-refractivity contribution in [1.29, 1.82) is 0 Å². The maximum absolute atomic E-state index is 12.3. The average Bonchev–Trinajstić information content (AvgIpc) is 2.78. The van der Waals surface area contributed by atoms with Gasteiger partial charge in [-0.3, -0.25) is 14.6 Å². The molecule has 1 N–H and O–H groups in total. The number of methoxy groups -OCH3 is 1. The van der Waals surface area contributed by atoms with Crippen LogP contribution >= 0.6 is 0 Å². The van der Waals surface area contributed by atoms with Gasteiger partial charge in [-0.1, -0.05) is 13.8 Å². The molecule has 0 aliphatic rings. The van der Waals surface area contributed by atoms with Crippen LogP contribution in [0.25, 0.3) is 0 Å². The second-order valence-electron chi connectivity index (χ2n) is 7.29. The smallest absolute Gasteiger partial charge is 0.224 e. The first-order valence-corrected chi connectivity index (χ1v) is 10.8. The minimum absolute atomic E-state index is 0.118. The summed E-state index contributed by atoms with van der Waals surface area (Å²) >= 11 is 0. The maximum Gasteiger partial charge on any atom is 0.224 e. The third-order valence-electron chi connectivity index (χ3n) is 4.73. The molecule has 31 heavy (non-hydrogen) atoms. The lowest BCUT2D eigenvalue weighted by molar-refractivity contribution is -0.131. The van der Waals surface area contributed by atoms with Crippen molar-refractivity contribution in [3.63, 3.8) is 0 Å². The van der Waals surface area contributed by atoms with Gasteiger partial charge in [0, 0.05) is 50.1 Å². The van der Waals surface area contributed by atoms with Crippen LogP contribution in [-0.2, 0) is 16.2 Å². The van der Waals surface area contributed by atoms with Gasteiger partial charge >= 0.3 is 0 Å². The zero-order valence-electron chi connectivity index (χ0n) is 18.7. The first-order chi connectivity index (χ1) is 15.1. The molecule has 0 atom stereocenters. The highest BCUT2D eigenvalue weighted by molar-refractivity contribution is 5.91. The van der Waals surface area contributed by atoms with Gasteiger partial charge in [0.1, 0.15) is 6.61 Å².